The van der Waals surface area contributed by atoms with E-state index in [1.165, 1.54) is 0 Å². The van der Waals surface area contributed by atoms with Crippen molar-refractivity contribution in [3.63, 3.8) is 0 Å². The van der Waals surface area contributed by atoms with Gasteiger partial charge in [0.1, 0.15) is 0 Å². The summed E-state index contributed by atoms with van der Waals surface area (Å²) in [5, 5.41) is 13.7. The first-order chi connectivity index (χ1) is 9.65. The lowest BCUT2D eigenvalue weighted by molar-refractivity contribution is 0.0642. The Kier molecular flexibility index (Phi) is 4.95. The number of nitrogens with one attached hydrogen (secondary N) is 2. The number of benzene rings is 1. The maximum absolute atomic E-state index is 11.9. The average Bonchev–Trinajstić information content (AvgIpc) is 2.46. The van der Waals surface area contributed by atoms with Crippen molar-refractivity contribution in [2.24, 2.45) is 5.92 Å². The lowest BCUT2D eigenvalue weighted by atomic mass is 10.0. The first-order valence-electron chi connectivity index (χ1n) is 6.61. The van der Waals surface area contributed by atoms with Crippen molar-refractivity contribution < 1.29 is 19.4 Å². The molecule has 1 fully saturated rings. The lowest BCUT2D eigenvalue weighted by Gasteiger charge is -2.22. The van der Waals surface area contributed by atoms with Crippen molar-refractivity contribution in [3.05, 3.63) is 29.8 Å². The summed E-state index contributed by atoms with van der Waals surface area (Å²) in [5.41, 5.74) is 0.964. The zero-order valence-corrected chi connectivity index (χ0v) is 11.1. The first kappa shape index (κ1) is 14.3. The van der Waals surface area contributed by atoms with Gasteiger partial charge in [-0.1, -0.05) is 0 Å². The molecule has 1 aliphatic rings. The van der Waals surface area contributed by atoms with E-state index in [4.69, 9.17) is 9.84 Å². The standard InChI is InChI=1S/C14H18N2O4/c17-13(15-9-10-5-7-20-8-6-10)11-1-3-12(4-2-11)16-14(18)19/h1-4,10,16H,5-9H2,(H,15,17)(H,18,19). The molecule has 2 amide bonds. The maximum atomic E-state index is 11.9. The highest BCUT2D eigenvalue weighted by Gasteiger charge is 2.15. The third-order valence-corrected chi connectivity index (χ3v) is 3.29. The van der Waals surface area contributed by atoms with Gasteiger partial charge in [0.05, 0.1) is 0 Å². The predicted molar refractivity (Wildman–Crippen MR) is 74.0 cm³/mol. The molecule has 1 heterocycles. The van der Waals surface area contributed by atoms with Crippen LogP contribution in [0.3, 0.4) is 0 Å². The molecule has 0 bridgehead atoms. The van der Waals surface area contributed by atoms with Gasteiger partial charge < -0.3 is 15.2 Å². The Hall–Kier alpha value is -2.08. The maximum Gasteiger partial charge on any atom is 0.409 e. The molecule has 1 aromatic rings. The Morgan fingerprint density at radius 1 is 1.20 bits per heavy atom. The van der Waals surface area contributed by atoms with Crippen LogP contribution in [0.15, 0.2) is 24.3 Å². The number of carbonyl (C=O) groups is 2. The van der Waals surface area contributed by atoms with Crippen LogP contribution in [-0.4, -0.2) is 36.9 Å². The minimum Gasteiger partial charge on any atom is -0.465 e. The van der Waals surface area contributed by atoms with Crippen LogP contribution in [0.4, 0.5) is 10.5 Å². The molecule has 2 rings (SSSR count). The number of rotatable bonds is 4. The van der Waals surface area contributed by atoms with E-state index in [0.717, 1.165) is 26.1 Å². The van der Waals surface area contributed by atoms with E-state index in [0.29, 0.717) is 23.7 Å². The van der Waals surface area contributed by atoms with Crippen molar-refractivity contribution in [1.29, 1.82) is 0 Å². The van der Waals surface area contributed by atoms with E-state index in [-0.39, 0.29) is 5.91 Å². The Balaban J connectivity index is 1.83. The summed E-state index contributed by atoms with van der Waals surface area (Å²) in [6.07, 6.45) is 0.825. The quantitative estimate of drug-likeness (QED) is 0.785. The summed E-state index contributed by atoms with van der Waals surface area (Å²) in [5.74, 6) is 0.332. The second-order valence-electron chi connectivity index (χ2n) is 4.77. The van der Waals surface area contributed by atoms with Gasteiger partial charge in [-0.3, -0.25) is 10.1 Å². The molecule has 20 heavy (non-hydrogen) atoms. The molecule has 6 nitrogen and oxygen atoms in total. The molecule has 1 saturated heterocycles. The highest BCUT2D eigenvalue weighted by molar-refractivity contribution is 5.95. The fourth-order valence-electron chi connectivity index (χ4n) is 2.12. The molecule has 3 N–H and O–H groups in total. The average molecular weight is 278 g/mol. The largest absolute Gasteiger partial charge is 0.465 e. The van der Waals surface area contributed by atoms with Crippen LogP contribution in [0.5, 0.6) is 0 Å². The van der Waals surface area contributed by atoms with Crippen molar-refractivity contribution in [2.75, 3.05) is 25.1 Å². The highest BCUT2D eigenvalue weighted by Crippen LogP contribution is 2.14. The fraction of sp³-hybridized carbons (Fsp3) is 0.429. The van der Waals surface area contributed by atoms with Gasteiger partial charge in [0, 0.05) is 31.0 Å². The Morgan fingerprint density at radius 2 is 1.85 bits per heavy atom. The van der Waals surface area contributed by atoms with Gasteiger partial charge >= 0.3 is 6.09 Å². The Morgan fingerprint density at radius 3 is 2.45 bits per heavy atom. The van der Waals surface area contributed by atoms with Crippen molar-refractivity contribution in [3.8, 4) is 0 Å². The summed E-state index contributed by atoms with van der Waals surface area (Å²) >= 11 is 0. The molecular formula is C14H18N2O4. The van der Waals surface area contributed by atoms with Gasteiger partial charge in [0.15, 0.2) is 0 Å². The van der Waals surface area contributed by atoms with Gasteiger partial charge in [-0.15, -0.1) is 0 Å². The number of carbonyl (C=O) groups excluding carboxylic acids is 1. The summed E-state index contributed by atoms with van der Waals surface area (Å²) in [7, 11) is 0. The van der Waals surface area contributed by atoms with E-state index in [9.17, 15) is 9.59 Å². The Bertz CT molecular complexity index is 467. The molecular weight excluding hydrogens is 260 g/mol. The van der Waals surface area contributed by atoms with Crippen LogP contribution < -0.4 is 10.6 Å². The van der Waals surface area contributed by atoms with Crippen LogP contribution in [-0.2, 0) is 4.74 Å². The van der Waals surface area contributed by atoms with Gasteiger partial charge in [-0.2, -0.15) is 0 Å². The number of ether oxygens (including phenoxy) is 1. The number of anilines is 1. The minimum atomic E-state index is -1.12. The summed E-state index contributed by atoms with van der Waals surface area (Å²) in [6, 6.07) is 6.34. The molecule has 0 unspecified atom stereocenters. The molecule has 6 heteroatoms. The zero-order valence-electron chi connectivity index (χ0n) is 11.1. The third kappa shape index (κ3) is 4.24. The first-order valence-corrected chi connectivity index (χ1v) is 6.61. The van der Waals surface area contributed by atoms with Gasteiger partial charge in [-0.25, -0.2) is 4.79 Å². The number of amides is 2. The Labute approximate surface area is 117 Å². The second kappa shape index (κ2) is 6.91. The molecule has 0 spiro atoms. The molecule has 108 valence electrons. The van der Waals surface area contributed by atoms with Crippen LogP contribution >= 0.6 is 0 Å². The van der Waals surface area contributed by atoms with Gasteiger partial charge in [0.25, 0.3) is 5.91 Å². The molecule has 0 aliphatic carbocycles. The van der Waals surface area contributed by atoms with Crippen LogP contribution in [0, 0.1) is 5.92 Å². The van der Waals surface area contributed by atoms with Crippen molar-refractivity contribution >= 4 is 17.7 Å². The summed E-state index contributed by atoms with van der Waals surface area (Å²) in [4.78, 5) is 22.4. The van der Waals surface area contributed by atoms with E-state index in [1.54, 1.807) is 24.3 Å². The van der Waals surface area contributed by atoms with Crippen molar-refractivity contribution in [1.82, 2.24) is 5.32 Å². The van der Waals surface area contributed by atoms with E-state index in [2.05, 4.69) is 10.6 Å². The molecule has 1 aliphatic heterocycles. The lowest BCUT2D eigenvalue weighted by Crippen LogP contribution is -2.32. The molecule has 0 radical (unpaired) electrons. The molecule has 0 saturated carbocycles. The zero-order chi connectivity index (χ0) is 14.4. The van der Waals surface area contributed by atoms with Crippen molar-refractivity contribution in [2.45, 2.75) is 12.8 Å². The van der Waals surface area contributed by atoms with E-state index >= 15 is 0 Å². The number of hydrogen-bond acceptors (Lipinski definition) is 3. The fourth-order valence-corrected chi connectivity index (χ4v) is 2.12. The second-order valence-corrected chi connectivity index (χ2v) is 4.77. The van der Waals surface area contributed by atoms with Gasteiger partial charge in [-0.05, 0) is 43.0 Å². The molecule has 0 atom stereocenters. The summed E-state index contributed by atoms with van der Waals surface area (Å²) in [6.45, 7) is 2.17. The smallest absolute Gasteiger partial charge is 0.409 e. The molecule has 1 aromatic carbocycles. The topological polar surface area (TPSA) is 87.7 Å². The highest BCUT2D eigenvalue weighted by atomic mass is 16.5. The summed E-state index contributed by atoms with van der Waals surface area (Å²) < 4.78 is 5.27. The van der Waals surface area contributed by atoms with Gasteiger partial charge in [0.2, 0.25) is 0 Å². The normalized spacial score (nSPS) is 15.6. The minimum absolute atomic E-state index is 0.140. The number of carboxylic acid groups (broad SMARTS) is 1. The monoisotopic (exact) mass is 278 g/mol. The van der Waals surface area contributed by atoms with E-state index < -0.39 is 6.09 Å². The third-order valence-electron chi connectivity index (χ3n) is 3.29. The predicted octanol–water partition coefficient (Wildman–Crippen LogP) is 1.93. The van der Waals surface area contributed by atoms with E-state index in [1.807, 2.05) is 0 Å². The SMILES string of the molecule is O=C(O)Nc1ccc(C(=O)NCC2CCOCC2)cc1. The number of hydrogen-bond donors (Lipinski definition) is 3. The van der Waals surface area contributed by atoms with Crippen LogP contribution in [0.2, 0.25) is 0 Å². The van der Waals surface area contributed by atoms with Crippen LogP contribution in [0.1, 0.15) is 23.2 Å². The van der Waals surface area contributed by atoms with Crippen LogP contribution in [0.25, 0.3) is 0 Å². The molecule has 0 aromatic heterocycles.